The molecule has 5 heteroatoms. The SMILES string of the molecule is Cc1cc(C(Br)c2ccc(Br)cc2F)sc1Br. The van der Waals surface area contributed by atoms with Crippen LogP contribution in [-0.4, -0.2) is 0 Å². The molecule has 1 unspecified atom stereocenters. The number of benzene rings is 1. The summed E-state index contributed by atoms with van der Waals surface area (Å²) >= 11 is 11.9. The Morgan fingerprint density at radius 2 is 1.94 bits per heavy atom. The van der Waals surface area contributed by atoms with Crippen LogP contribution >= 0.6 is 59.1 Å². The number of hydrogen-bond acceptors (Lipinski definition) is 1. The smallest absolute Gasteiger partial charge is 0.129 e. The summed E-state index contributed by atoms with van der Waals surface area (Å²) in [7, 11) is 0. The molecule has 0 saturated carbocycles. The quantitative estimate of drug-likeness (QED) is 0.485. The van der Waals surface area contributed by atoms with Crippen LogP contribution < -0.4 is 0 Å². The highest BCUT2D eigenvalue weighted by Gasteiger charge is 2.17. The van der Waals surface area contributed by atoms with Crippen molar-refractivity contribution in [2.45, 2.75) is 11.8 Å². The Bertz CT molecular complexity index is 531. The molecule has 0 bridgehead atoms. The minimum atomic E-state index is -0.205. The van der Waals surface area contributed by atoms with E-state index in [-0.39, 0.29) is 10.6 Å². The number of rotatable bonds is 2. The third-order valence-electron chi connectivity index (χ3n) is 2.36. The molecular weight excluding hydrogens is 435 g/mol. The predicted molar refractivity (Wildman–Crippen MR) is 81.6 cm³/mol. The molecule has 0 aliphatic heterocycles. The lowest BCUT2D eigenvalue weighted by atomic mass is 10.1. The zero-order valence-corrected chi connectivity index (χ0v) is 14.4. The first-order chi connectivity index (χ1) is 7.99. The Morgan fingerprint density at radius 3 is 2.47 bits per heavy atom. The van der Waals surface area contributed by atoms with E-state index in [9.17, 15) is 4.39 Å². The molecule has 2 aromatic rings. The summed E-state index contributed by atoms with van der Waals surface area (Å²) in [5.41, 5.74) is 1.83. The second-order valence-electron chi connectivity index (χ2n) is 3.63. The molecule has 0 nitrogen and oxygen atoms in total. The lowest BCUT2D eigenvalue weighted by Gasteiger charge is -2.09. The highest BCUT2D eigenvalue weighted by atomic mass is 79.9. The standard InChI is InChI=1S/C12H8Br3FS/c1-6-4-10(17-12(6)15)11(14)8-3-2-7(13)5-9(8)16/h2-5,11H,1H3. The van der Waals surface area contributed by atoms with Gasteiger partial charge in [-0.05, 0) is 46.6 Å². The van der Waals surface area contributed by atoms with Crippen molar-refractivity contribution in [3.8, 4) is 0 Å². The first kappa shape index (κ1) is 13.7. The summed E-state index contributed by atoms with van der Waals surface area (Å²) in [6.45, 7) is 2.03. The number of hydrogen-bond donors (Lipinski definition) is 0. The van der Waals surface area contributed by atoms with Crippen molar-refractivity contribution in [2.24, 2.45) is 0 Å². The number of aryl methyl sites for hydroxylation is 1. The van der Waals surface area contributed by atoms with Crippen LogP contribution in [0.1, 0.15) is 20.8 Å². The van der Waals surface area contributed by atoms with Crippen LogP contribution in [0.4, 0.5) is 4.39 Å². The zero-order chi connectivity index (χ0) is 12.6. The van der Waals surface area contributed by atoms with Gasteiger partial charge in [0.05, 0.1) is 8.61 Å². The van der Waals surface area contributed by atoms with Crippen molar-refractivity contribution >= 4 is 59.1 Å². The van der Waals surface area contributed by atoms with Gasteiger partial charge in [-0.2, -0.15) is 0 Å². The van der Waals surface area contributed by atoms with Crippen LogP contribution in [0.25, 0.3) is 0 Å². The van der Waals surface area contributed by atoms with Crippen molar-refractivity contribution in [2.75, 3.05) is 0 Å². The summed E-state index contributed by atoms with van der Waals surface area (Å²) in [6.07, 6.45) is 0. The normalized spacial score (nSPS) is 12.8. The van der Waals surface area contributed by atoms with Gasteiger partial charge in [-0.1, -0.05) is 37.9 Å². The predicted octanol–water partition coefficient (Wildman–Crippen LogP) is 6.20. The van der Waals surface area contributed by atoms with Crippen molar-refractivity contribution < 1.29 is 4.39 Å². The molecule has 0 radical (unpaired) electrons. The molecule has 1 heterocycles. The molecule has 0 amide bonds. The van der Waals surface area contributed by atoms with Gasteiger partial charge in [0.2, 0.25) is 0 Å². The Morgan fingerprint density at radius 1 is 1.24 bits per heavy atom. The van der Waals surface area contributed by atoms with E-state index in [1.54, 1.807) is 17.4 Å². The molecule has 0 aliphatic carbocycles. The Balaban J connectivity index is 2.39. The fraction of sp³-hybridized carbons (Fsp3) is 0.167. The lowest BCUT2D eigenvalue weighted by molar-refractivity contribution is 0.613. The van der Waals surface area contributed by atoms with Gasteiger partial charge in [0.25, 0.3) is 0 Å². The van der Waals surface area contributed by atoms with Gasteiger partial charge < -0.3 is 0 Å². The maximum absolute atomic E-state index is 13.8. The van der Waals surface area contributed by atoms with E-state index in [2.05, 4.69) is 53.9 Å². The fourth-order valence-corrected chi connectivity index (χ4v) is 4.15. The summed E-state index contributed by atoms with van der Waals surface area (Å²) in [6, 6.07) is 7.19. The van der Waals surface area contributed by atoms with E-state index < -0.39 is 0 Å². The monoisotopic (exact) mass is 440 g/mol. The second-order valence-corrected chi connectivity index (χ2v) is 7.87. The Kier molecular flexibility index (Phi) is 4.45. The third kappa shape index (κ3) is 3.00. The highest BCUT2D eigenvalue weighted by molar-refractivity contribution is 9.11. The second kappa shape index (κ2) is 5.51. The van der Waals surface area contributed by atoms with Gasteiger partial charge in [0.1, 0.15) is 5.82 Å². The average molecular weight is 443 g/mol. The maximum Gasteiger partial charge on any atom is 0.129 e. The van der Waals surface area contributed by atoms with E-state index in [0.29, 0.717) is 5.56 Å². The van der Waals surface area contributed by atoms with E-state index in [1.165, 1.54) is 11.6 Å². The zero-order valence-electron chi connectivity index (χ0n) is 8.81. The van der Waals surface area contributed by atoms with Crippen LogP contribution in [0.2, 0.25) is 0 Å². The van der Waals surface area contributed by atoms with Crippen LogP contribution in [0.15, 0.2) is 32.5 Å². The minimum absolute atomic E-state index is 0.106. The molecule has 1 atom stereocenters. The third-order valence-corrected chi connectivity index (χ3v) is 6.35. The maximum atomic E-state index is 13.8. The van der Waals surface area contributed by atoms with Gasteiger partial charge in [-0.3, -0.25) is 0 Å². The fourth-order valence-electron chi connectivity index (χ4n) is 1.47. The molecule has 0 saturated heterocycles. The molecule has 0 N–H and O–H groups in total. The number of alkyl halides is 1. The topological polar surface area (TPSA) is 0 Å². The van der Waals surface area contributed by atoms with Crippen molar-refractivity contribution in [1.29, 1.82) is 0 Å². The molecule has 0 spiro atoms. The summed E-state index contributed by atoms with van der Waals surface area (Å²) in [5.74, 6) is -0.205. The van der Waals surface area contributed by atoms with E-state index >= 15 is 0 Å². The molecule has 17 heavy (non-hydrogen) atoms. The molecule has 90 valence electrons. The van der Waals surface area contributed by atoms with Crippen molar-refractivity contribution in [1.82, 2.24) is 0 Å². The van der Waals surface area contributed by atoms with Crippen LogP contribution in [-0.2, 0) is 0 Å². The Labute approximate surface area is 129 Å². The number of thiophene rings is 1. The van der Waals surface area contributed by atoms with E-state index in [1.807, 2.05) is 13.0 Å². The van der Waals surface area contributed by atoms with Crippen LogP contribution in [0.5, 0.6) is 0 Å². The molecule has 1 aromatic carbocycles. The molecule has 1 aromatic heterocycles. The number of halogens is 4. The van der Waals surface area contributed by atoms with Crippen molar-refractivity contribution in [3.63, 3.8) is 0 Å². The molecule has 2 rings (SSSR count). The van der Waals surface area contributed by atoms with Gasteiger partial charge in [0.15, 0.2) is 0 Å². The Hall–Kier alpha value is 0.290. The lowest BCUT2D eigenvalue weighted by Crippen LogP contribution is -1.94. The molecule has 0 fully saturated rings. The first-order valence-corrected chi connectivity index (χ1v) is 8.15. The van der Waals surface area contributed by atoms with Gasteiger partial charge >= 0.3 is 0 Å². The van der Waals surface area contributed by atoms with Crippen molar-refractivity contribution in [3.05, 3.63) is 54.3 Å². The van der Waals surface area contributed by atoms with Gasteiger partial charge in [-0.25, -0.2) is 4.39 Å². The summed E-state index contributed by atoms with van der Waals surface area (Å²) in [4.78, 5) is 0.987. The highest BCUT2D eigenvalue weighted by Crippen LogP contribution is 2.40. The molecule has 0 aliphatic rings. The van der Waals surface area contributed by atoms with E-state index in [4.69, 9.17) is 0 Å². The average Bonchev–Trinajstić information content (AvgIpc) is 2.58. The van der Waals surface area contributed by atoms with Gasteiger partial charge in [-0.15, -0.1) is 11.3 Å². The largest absolute Gasteiger partial charge is 0.207 e. The summed E-state index contributed by atoms with van der Waals surface area (Å²) in [5, 5.41) is 0. The first-order valence-electron chi connectivity index (χ1n) is 4.84. The van der Waals surface area contributed by atoms with Gasteiger partial charge in [0, 0.05) is 14.9 Å². The minimum Gasteiger partial charge on any atom is -0.207 e. The van der Waals surface area contributed by atoms with Crippen LogP contribution in [0.3, 0.4) is 0 Å². The van der Waals surface area contributed by atoms with Crippen LogP contribution in [0, 0.1) is 12.7 Å². The summed E-state index contributed by atoms with van der Waals surface area (Å²) < 4.78 is 15.7. The van der Waals surface area contributed by atoms with E-state index in [0.717, 1.165) is 13.1 Å². The molecular formula is C12H8Br3FS.